The average Bonchev–Trinajstić information content (AvgIpc) is 3.01. The van der Waals surface area contributed by atoms with Crippen molar-refractivity contribution in [3.63, 3.8) is 0 Å². The van der Waals surface area contributed by atoms with Gasteiger partial charge < -0.3 is 4.74 Å². The van der Waals surface area contributed by atoms with E-state index in [0.717, 1.165) is 4.90 Å². The quantitative estimate of drug-likeness (QED) is 0.660. The van der Waals surface area contributed by atoms with Gasteiger partial charge in [0.25, 0.3) is 0 Å². The van der Waals surface area contributed by atoms with Gasteiger partial charge in [0.05, 0.1) is 18.9 Å². The topological polar surface area (TPSA) is 75.7 Å². The molecule has 2 fully saturated rings. The SMILES string of the molecule is CCN1C(=O)[C@@H]2[C@@H](C1=O)[C@](C)(C(=O)OC)N[C@H]2c1cccc(F)c1. The molecule has 4 atom stereocenters. The summed E-state index contributed by atoms with van der Waals surface area (Å²) >= 11 is 0. The molecule has 24 heavy (non-hydrogen) atoms. The lowest BCUT2D eigenvalue weighted by Gasteiger charge is -2.28. The first-order valence-electron chi connectivity index (χ1n) is 7.82. The molecule has 2 aliphatic rings. The highest BCUT2D eigenvalue weighted by Crippen LogP contribution is 2.48. The molecule has 0 saturated carbocycles. The number of likely N-dealkylation sites (tertiary alicyclic amines) is 1. The fourth-order valence-corrected chi connectivity index (χ4v) is 3.90. The number of esters is 1. The molecular weight excluding hydrogens is 315 g/mol. The van der Waals surface area contributed by atoms with Crippen molar-refractivity contribution >= 4 is 17.8 Å². The molecule has 1 aromatic rings. The van der Waals surface area contributed by atoms with Crippen LogP contribution in [0.15, 0.2) is 24.3 Å². The number of imide groups is 1. The number of carbonyl (C=O) groups excluding carboxylic acids is 3. The van der Waals surface area contributed by atoms with E-state index in [-0.39, 0.29) is 12.5 Å². The monoisotopic (exact) mass is 334 g/mol. The molecule has 2 aliphatic heterocycles. The molecule has 7 heteroatoms. The Morgan fingerprint density at radius 3 is 2.67 bits per heavy atom. The Morgan fingerprint density at radius 2 is 2.08 bits per heavy atom. The number of carbonyl (C=O) groups is 3. The maximum atomic E-state index is 13.6. The van der Waals surface area contributed by atoms with Crippen LogP contribution in [0.3, 0.4) is 0 Å². The standard InChI is InChI=1S/C17H19FN2O4/c1-4-20-14(21)11-12(15(20)22)17(2,16(23)24-3)19-13(11)9-6-5-7-10(18)8-9/h5-8,11-13,19H,4H2,1-3H3/t11-,12+,13+,17-/m1/s1. The number of fused-ring (bicyclic) bond motifs is 1. The van der Waals surface area contributed by atoms with Crippen molar-refractivity contribution in [2.24, 2.45) is 11.8 Å². The second-order valence-corrected chi connectivity index (χ2v) is 6.30. The molecule has 3 rings (SSSR count). The molecule has 6 nitrogen and oxygen atoms in total. The van der Waals surface area contributed by atoms with Gasteiger partial charge in [-0.25, -0.2) is 4.39 Å². The first-order chi connectivity index (χ1) is 11.3. The van der Waals surface area contributed by atoms with Crippen LogP contribution in [-0.4, -0.2) is 41.9 Å². The maximum Gasteiger partial charge on any atom is 0.326 e. The summed E-state index contributed by atoms with van der Waals surface area (Å²) in [6.45, 7) is 3.49. The van der Waals surface area contributed by atoms with Crippen LogP contribution in [0.2, 0.25) is 0 Å². The largest absolute Gasteiger partial charge is 0.468 e. The Labute approximate surface area is 139 Å². The van der Waals surface area contributed by atoms with Crippen LogP contribution in [0.4, 0.5) is 4.39 Å². The van der Waals surface area contributed by atoms with Crippen molar-refractivity contribution in [3.05, 3.63) is 35.6 Å². The van der Waals surface area contributed by atoms with E-state index >= 15 is 0 Å². The summed E-state index contributed by atoms with van der Waals surface area (Å²) in [6, 6.07) is 5.18. The highest BCUT2D eigenvalue weighted by molar-refractivity contribution is 6.09. The molecule has 2 amide bonds. The van der Waals surface area contributed by atoms with E-state index in [1.807, 2.05) is 0 Å². The molecule has 0 aliphatic carbocycles. The second kappa shape index (κ2) is 5.66. The fourth-order valence-electron chi connectivity index (χ4n) is 3.90. The molecule has 0 aromatic heterocycles. The van der Waals surface area contributed by atoms with Gasteiger partial charge in [-0.2, -0.15) is 0 Å². The number of amides is 2. The molecular formula is C17H19FN2O4. The normalized spacial score (nSPS) is 32.2. The van der Waals surface area contributed by atoms with Crippen LogP contribution in [-0.2, 0) is 19.1 Å². The lowest BCUT2D eigenvalue weighted by atomic mass is 9.80. The smallest absolute Gasteiger partial charge is 0.326 e. The van der Waals surface area contributed by atoms with Crippen molar-refractivity contribution in [1.82, 2.24) is 10.2 Å². The number of halogens is 1. The molecule has 1 aromatic carbocycles. The van der Waals surface area contributed by atoms with Crippen LogP contribution in [0, 0.1) is 17.7 Å². The Bertz CT molecular complexity index is 722. The van der Waals surface area contributed by atoms with Crippen LogP contribution in [0.25, 0.3) is 0 Å². The number of hydrogen-bond acceptors (Lipinski definition) is 5. The summed E-state index contributed by atoms with van der Waals surface area (Å²) in [6.07, 6.45) is 0. The highest BCUT2D eigenvalue weighted by atomic mass is 19.1. The average molecular weight is 334 g/mol. The van der Waals surface area contributed by atoms with E-state index < -0.39 is 41.1 Å². The number of methoxy groups -OCH3 is 1. The van der Waals surface area contributed by atoms with Gasteiger partial charge in [0.1, 0.15) is 11.4 Å². The number of ether oxygens (including phenoxy) is 1. The number of hydrogen-bond donors (Lipinski definition) is 1. The van der Waals surface area contributed by atoms with E-state index in [0.29, 0.717) is 5.56 Å². The zero-order valence-corrected chi connectivity index (χ0v) is 13.7. The summed E-state index contributed by atoms with van der Waals surface area (Å²) in [5.74, 6) is -3.43. The Kier molecular flexibility index (Phi) is 3.91. The third-order valence-corrected chi connectivity index (χ3v) is 5.01. The maximum absolute atomic E-state index is 13.6. The molecule has 0 spiro atoms. The van der Waals surface area contributed by atoms with Crippen LogP contribution in [0.1, 0.15) is 25.5 Å². The zero-order valence-electron chi connectivity index (χ0n) is 13.7. The summed E-state index contributed by atoms with van der Waals surface area (Å²) in [4.78, 5) is 38.9. The summed E-state index contributed by atoms with van der Waals surface area (Å²) < 4.78 is 18.5. The number of nitrogens with zero attached hydrogens (tertiary/aromatic N) is 1. The van der Waals surface area contributed by atoms with Gasteiger partial charge in [-0.3, -0.25) is 24.6 Å². The van der Waals surface area contributed by atoms with Gasteiger partial charge in [0.15, 0.2) is 0 Å². The third-order valence-electron chi connectivity index (χ3n) is 5.01. The van der Waals surface area contributed by atoms with E-state index in [1.165, 1.54) is 25.3 Å². The second-order valence-electron chi connectivity index (χ2n) is 6.30. The van der Waals surface area contributed by atoms with Gasteiger partial charge >= 0.3 is 5.97 Å². The molecule has 2 heterocycles. The third kappa shape index (κ3) is 2.15. The van der Waals surface area contributed by atoms with Crippen molar-refractivity contribution in [1.29, 1.82) is 0 Å². The molecule has 0 bridgehead atoms. The van der Waals surface area contributed by atoms with E-state index in [9.17, 15) is 18.8 Å². The highest BCUT2D eigenvalue weighted by Gasteiger charge is 2.66. The minimum absolute atomic E-state index is 0.234. The molecule has 0 unspecified atom stereocenters. The number of benzene rings is 1. The Morgan fingerprint density at radius 1 is 1.38 bits per heavy atom. The van der Waals surface area contributed by atoms with Crippen molar-refractivity contribution in [2.45, 2.75) is 25.4 Å². The lowest BCUT2D eigenvalue weighted by Crippen LogP contribution is -2.53. The minimum atomic E-state index is -1.34. The van der Waals surface area contributed by atoms with Crippen LogP contribution in [0.5, 0.6) is 0 Å². The number of rotatable bonds is 3. The first-order valence-corrected chi connectivity index (χ1v) is 7.82. The summed E-state index contributed by atoms with van der Waals surface area (Å²) in [7, 11) is 1.23. The Balaban J connectivity index is 2.11. The predicted molar refractivity (Wildman–Crippen MR) is 82.1 cm³/mol. The van der Waals surface area contributed by atoms with E-state index in [1.54, 1.807) is 19.9 Å². The first kappa shape index (κ1) is 16.6. The molecule has 1 N–H and O–H groups in total. The minimum Gasteiger partial charge on any atom is -0.468 e. The van der Waals surface area contributed by atoms with Gasteiger partial charge in [0.2, 0.25) is 11.8 Å². The van der Waals surface area contributed by atoms with Gasteiger partial charge in [-0.1, -0.05) is 12.1 Å². The van der Waals surface area contributed by atoms with Crippen molar-refractivity contribution < 1.29 is 23.5 Å². The predicted octanol–water partition coefficient (Wildman–Crippen LogP) is 1.02. The lowest BCUT2D eigenvalue weighted by molar-refractivity contribution is -0.153. The van der Waals surface area contributed by atoms with Gasteiger partial charge in [-0.15, -0.1) is 0 Å². The summed E-state index contributed by atoms with van der Waals surface area (Å²) in [5.41, 5.74) is -0.815. The van der Waals surface area contributed by atoms with Crippen LogP contribution < -0.4 is 5.32 Å². The van der Waals surface area contributed by atoms with Crippen molar-refractivity contribution in [3.8, 4) is 0 Å². The van der Waals surface area contributed by atoms with Gasteiger partial charge in [0, 0.05) is 12.6 Å². The molecule has 2 saturated heterocycles. The summed E-state index contributed by atoms with van der Waals surface area (Å²) in [5, 5.41) is 3.06. The van der Waals surface area contributed by atoms with Gasteiger partial charge in [-0.05, 0) is 31.5 Å². The number of nitrogens with one attached hydrogen (secondary N) is 1. The van der Waals surface area contributed by atoms with Crippen LogP contribution >= 0.6 is 0 Å². The van der Waals surface area contributed by atoms with E-state index in [2.05, 4.69) is 5.32 Å². The van der Waals surface area contributed by atoms with Crippen molar-refractivity contribution in [2.75, 3.05) is 13.7 Å². The van der Waals surface area contributed by atoms with E-state index in [4.69, 9.17) is 4.74 Å². The molecule has 128 valence electrons. The Hall–Kier alpha value is -2.28. The molecule has 0 radical (unpaired) electrons. The fraction of sp³-hybridized carbons (Fsp3) is 0.471. The zero-order chi connectivity index (χ0) is 17.6.